The standard InChI is InChI=1S/C16H20O3/c1-12-6-3-4-7-13(12)16(10-19-11-16)15(8-5-9-15)14(17)18-2/h3-4,6-7H,5,8-11H2,1-2H3. The number of esters is 1. The van der Waals surface area contributed by atoms with E-state index in [4.69, 9.17) is 9.47 Å². The highest BCUT2D eigenvalue weighted by molar-refractivity contribution is 5.81. The van der Waals surface area contributed by atoms with Gasteiger partial charge in [-0.15, -0.1) is 0 Å². The van der Waals surface area contributed by atoms with Gasteiger partial charge < -0.3 is 9.47 Å². The van der Waals surface area contributed by atoms with Crippen molar-refractivity contribution in [2.45, 2.75) is 31.6 Å². The Bertz CT molecular complexity index is 498. The van der Waals surface area contributed by atoms with Crippen molar-refractivity contribution in [3.63, 3.8) is 0 Å². The first-order valence-electron chi connectivity index (χ1n) is 6.89. The number of aryl methyl sites for hydroxylation is 1. The fourth-order valence-electron chi connectivity index (χ4n) is 3.71. The highest BCUT2D eigenvalue weighted by Gasteiger charge is 2.64. The predicted molar refractivity (Wildman–Crippen MR) is 72.0 cm³/mol. The van der Waals surface area contributed by atoms with Crippen molar-refractivity contribution in [3.05, 3.63) is 35.4 Å². The van der Waals surface area contributed by atoms with E-state index in [0.717, 1.165) is 19.3 Å². The van der Waals surface area contributed by atoms with Crippen molar-refractivity contribution in [2.24, 2.45) is 5.41 Å². The number of hydrogen-bond acceptors (Lipinski definition) is 3. The van der Waals surface area contributed by atoms with Gasteiger partial charge in [-0.05, 0) is 30.9 Å². The van der Waals surface area contributed by atoms with Crippen LogP contribution in [-0.4, -0.2) is 26.3 Å². The molecule has 19 heavy (non-hydrogen) atoms. The second-order valence-electron chi connectivity index (χ2n) is 5.82. The lowest BCUT2D eigenvalue weighted by molar-refractivity contribution is -0.195. The molecule has 1 saturated carbocycles. The summed E-state index contributed by atoms with van der Waals surface area (Å²) in [6, 6.07) is 8.34. The summed E-state index contributed by atoms with van der Waals surface area (Å²) in [6.07, 6.45) is 2.93. The van der Waals surface area contributed by atoms with Gasteiger partial charge in [0.25, 0.3) is 0 Å². The molecule has 0 spiro atoms. The first-order chi connectivity index (χ1) is 9.16. The lowest BCUT2D eigenvalue weighted by Gasteiger charge is -2.58. The normalized spacial score (nSPS) is 23.1. The zero-order chi connectivity index (χ0) is 13.5. The van der Waals surface area contributed by atoms with Gasteiger partial charge in [0.15, 0.2) is 0 Å². The van der Waals surface area contributed by atoms with Crippen LogP contribution < -0.4 is 0 Å². The number of ether oxygens (including phenoxy) is 2. The molecule has 102 valence electrons. The number of carbonyl (C=O) groups is 1. The molecule has 0 atom stereocenters. The summed E-state index contributed by atoms with van der Waals surface area (Å²) in [5, 5.41) is 0. The molecule has 1 saturated heterocycles. The van der Waals surface area contributed by atoms with Gasteiger partial charge >= 0.3 is 5.97 Å². The van der Waals surface area contributed by atoms with Crippen LogP contribution in [0.5, 0.6) is 0 Å². The number of benzene rings is 1. The molecule has 0 N–H and O–H groups in total. The Hall–Kier alpha value is -1.35. The quantitative estimate of drug-likeness (QED) is 0.784. The summed E-state index contributed by atoms with van der Waals surface area (Å²) in [6.45, 7) is 3.37. The molecule has 0 radical (unpaired) electrons. The Morgan fingerprint density at radius 2 is 1.95 bits per heavy atom. The average molecular weight is 260 g/mol. The van der Waals surface area contributed by atoms with E-state index in [1.807, 2.05) is 12.1 Å². The maximum absolute atomic E-state index is 12.4. The number of carbonyl (C=O) groups excluding carboxylic acids is 1. The van der Waals surface area contributed by atoms with E-state index in [2.05, 4.69) is 19.1 Å². The molecule has 1 aliphatic heterocycles. The molecular weight excluding hydrogens is 240 g/mol. The van der Waals surface area contributed by atoms with Crippen molar-refractivity contribution in [1.82, 2.24) is 0 Å². The third kappa shape index (κ3) is 1.51. The minimum absolute atomic E-state index is 0.0645. The largest absolute Gasteiger partial charge is 0.469 e. The van der Waals surface area contributed by atoms with Gasteiger partial charge in [-0.2, -0.15) is 0 Å². The van der Waals surface area contributed by atoms with Gasteiger partial charge in [0.05, 0.1) is 31.2 Å². The third-order valence-corrected chi connectivity index (χ3v) is 5.06. The molecule has 1 aromatic carbocycles. The van der Waals surface area contributed by atoms with E-state index >= 15 is 0 Å². The van der Waals surface area contributed by atoms with E-state index in [-0.39, 0.29) is 16.8 Å². The third-order valence-electron chi connectivity index (χ3n) is 5.06. The van der Waals surface area contributed by atoms with Gasteiger partial charge in [0, 0.05) is 0 Å². The second kappa shape index (κ2) is 4.34. The highest BCUT2D eigenvalue weighted by Crippen LogP contribution is 2.59. The Kier molecular flexibility index (Phi) is 2.90. The molecule has 1 aromatic rings. The van der Waals surface area contributed by atoms with Crippen LogP contribution in [0.15, 0.2) is 24.3 Å². The highest BCUT2D eigenvalue weighted by atomic mass is 16.5. The lowest BCUT2D eigenvalue weighted by atomic mass is 9.49. The van der Waals surface area contributed by atoms with Crippen molar-refractivity contribution < 1.29 is 14.3 Å². The van der Waals surface area contributed by atoms with E-state index in [1.54, 1.807) is 0 Å². The molecule has 2 aliphatic rings. The van der Waals surface area contributed by atoms with Gasteiger partial charge in [-0.3, -0.25) is 4.79 Å². The van der Waals surface area contributed by atoms with Crippen molar-refractivity contribution >= 4 is 5.97 Å². The van der Waals surface area contributed by atoms with Gasteiger partial charge in [-0.25, -0.2) is 0 Å². The van der Waals surface area contributed by atoms with Crippen LogP contribution in [0.2, 0.25) is 0 Å². The van der Waals surface area contributed by atoms with E-state index in [1.165, 1.54) is 18.2 Å². The molecule has 2 fully saturated rings. The Morgan fingerprint density at radius 3 is 2.37 bits per heavy atom. The number of methoxy groups -OCH3 is 1. The summed E-state index contributed by atoms with van der Waals surface area (Å²) in [4.78, 5) is 12.4. The van der Waals surface area contributed by atoms with Crippen molar-refractivity contribution in [2.75, 3.05) is 20.3 Å². The van der Waals surface area contributed by atoms with Crippen LogP contribution in [0.25, 0.3) is 0 Å². The monoisotopic (exact) mass is 260 g/mol. The topological polar surface area (TPSA) is 35.5 Å². The predicted octanol–water partition coefficient (Wildman–Crippen LogP) is 2.61. The summed E-state index contributed by atoms with van der Waals surface area (Å²) in [7, 11) is 1.49. The zero-order valence-corrected chi connectivity index (χ0v) is 11.6. The molecule has 1 aliphatic carbocycles. The first-order valence-corrected chi connectivity index (χ1v) is 6.89. The van der Waals surface area contributed by atoms with E-state index in [9.17, 15) is 4.79 Å². The Balaban J connectivity index is 2.09. The summed E-state index contributed by atoms with van der Waals surface area (Å²) in [5.41, 5.74) is 1.95. The average Bonchev–Trinajstić information content (AvgIpc) is 2.32. The van der Waals surface area contributed by atoms with Gasteiger partial charge in [0.2, 0.25) is 0 Å². The molecule has 3 rings (SSSR count). The minimum Gasteiger partial charge on any atom is -0.469 e. The minimum atomic E-state index is -0.369. The molecule has 0 bridgehead atoms. The van der Waals surface area contributed by atoms with E-state index < -0.39 is 0 Å². The second-order valence-corrected chi connectivity index (χ2v) is 5.82. The summed E-state index contributed by atoms with van der Waals surface area (Å²) >= 11 is 0. The fourth-order valence-corrected chi connectivity index (χ4v) is 3.71. The SMILES string of the molecule is COC(=O)C1(C2(c3ccccc3C)COC2)CCC1. The number of hydrogen-bond donors (Lipinski definition) is 0. The molecule has 3 nitrogen and oxygen atoms in total. The maximum atomic E-state index is 12.4. The molecule has 1 heterocycles. The van der Waals surface area contributed by atoms with Gasteiger partial charge in [-0.1, -0.05) is 30.7 Å². The van der Waals surface area contributed by atoms with Gasteiger partial charge in [0.1, 0.15) is 0 Å². The van der Waals surface area contributed by atoms with Crippen LogP contribution in [0.1, 0.15) is 30.4 Å². The van der Waals surface area contributed by atoms with Crippen LogP contribution in [0.3, 0.4) is 0 Å². The Labute approximate surface area is 113 Å². The zero-order valence-electron chi connectivity index (χ0n) is 11.6. The van der Waals surface area contributed by atoms with Crippen LogP contribution >= 0.6 is 0 Å². The molecule has 0 amide bonds. The van der Waals surface area contributed by atoms with Crippen LogP contribution in [-0.2, 0) is 19.7 Å². The van der Waals surface area contributed by atoms with Crippen LogP contribution in [0.4, 0.5) is 0 Å². The van der Waals surface area contributed by atoms with Crippen LogP contribution in [0, 0.1) is 12.3 Å². The lowest BCUT2D eigenvalue weighted by Crippen LogP contribution is -2.65. The van der Waals surface area contributed by atoms with E-state index in [0.29, 0.717) is 13.2 Å². The first kappa shape index (κ1) is 12.7. The molecule has 0 unspecified atom stereocenters. The molecule has 3 heteroatoms. The summed E-state index contributed by atoms with van der Waals surface area (Å²) in [5.74, 6) is -0.0645. The molecule has 0 aromatic heterocycles. The van der Waals surface area contributed by atoms with Crippen molar-refractivity contribution in [1.29, 1.82) is 0 Å². The smallest absolute Gasteiger partial charge is 0.312 e. The number of rotatable bonds is 3. The maximum Gasteiger partial charge on any atom is 0.312 e. The Morgan fingerprint density at radius 1 is 1.26 bits per heavy atom. The fraction of sp³-hybridized carbons (Fsp3) is 0.562. The summed E-state index contributed by atoms with van der Waals surface area (Å²) < 4.78 is 10.6. The van der Waals surface area contributed by atoms with Crippen molar-refractivity contribution in [3.8, 4) is 0 Å². The molecular formula is C16H20O3.